The first kappa shape index (κ1) is 17.7. The van der Waals surface area contributed by atoms with Crippen molar-refractivity contribution in [2.24, 2.45) is 0 Å². The monoisotopic (exact) mass is 377 g/mol. The Labute approximate surface area is 165 Å². The van der Waals surface area contributed by atoms with Crippen molar-refractivity contribution < 1.29 is 0 Å². The van der Waals surface area contributed by atoms with Crippen molar-refractivity contribution in [1.29, 1.82) is 0 Å². The predicted molar refractivity (Wildman–Crippen MR) is 110 cm³/mol. The van der Waals surface area contributed by atoms with Crippen molar-refractivity contribution in [2.45, 2.75) is 32.5 Å². The Morgan fingerprint density at radius 1 is 1.11 bits per heavy atom. The molecule has 1 saturated heterocycles. The molecule has 0 aromatic carbocycles. The average molecular weight is 378 g/mol. The van der Waals surface area contributed by atoms with E-state index in [9.17, 15) is 0 Å². The number of aryl methyl sites for hydroxylation is 1. The normalized spacial score (nSPS) is 19.4. The fraction of sp³-hybridized carbons (Fsp3) is 0.286. The maximum atomic E-state index is 5.56. The zero-order chi connectivity index (χ0) is 19.0. The van der Waals surface area contributed by atoms with Crippen LogP contribution in [0.15, 0.2) is 55.0 Å². The lowest BCUT2D eigenvalue weighted by molar-refractivity contribution is 0.366. The second kappa shape index (κ2) is 7.12. The van der Waals surface area contributed by atoms with Crippen LogP contribution in [0.25, 0.3) is 0 Å². The lowest BCUT2D eigenvalue weighted by Crippen LogP contribution is -2.25. The van der Waals surface area contributed by atoms with Gasteiger partial charge in [-0.1, -0.05) is 6.07 Å². The Hall–Kier alpha value is -2.73. The minimum Gasteiger partial charge on any atom is -0.352 e. The van der Waals surface area contributed by atoms with Crippen LogP contribution < -0.4 is 5.32 Å². The first-order valence-electron chi connectivity index (χ1n) is 9.06. The summed E-state index contributed by atoms with van der Waals surface area (Å²) >= 11 is 5.56. The van der Waals surface area contributed by atoms with E-state index in [0.29, 0.717) is 0 Å². The molecule has 0 unspecified atom stereocenters. The molecule has 4 rings (SSSR count). The number of nitrogens with zero attached hydrogens (tertiary/aromatic N) is 4. The van der Waals surface area contributed by atoms with Crippen LogP contribution in [-0.4, -0.2) is 31.6 Å². The molecule has 0 saturated carbocycles. The average Bonchev–Trinajstić information content (AvgIpc) is 3.13. The van der Waals surface area contributed by atoms with Gasteiger partial charge in [0.1, 0.15) is 0 Å². The molecule has 0 aliphatic carbocycles. The summed E-state index contributed by atoms with van der Waals surface area (Å²) in [5, 5.41) is 4.21. The number of nitrogens with one attached hydrogen (secondary N) is 1. The smallest absolute Gasteiger partial charge is 0.169 e. The first-order valence-corrected chi connectivity index (χ1v) is 9.47. The van der Waals surface area contributed by atoms with Crippen LogP contribution in [0.1, 0.15) is 40.3 Å². The Balaban J connectivity index is 1.73. The molecule has 1 N–H and O–H groups in total. The predicted octanol–water partition coefficient (Wildman–Crippen LogP) is 3.55. The molecule has 1 aliphatic heterocycles. The second-order valence-corrected chi connectivity index (χ2v) is 7.39. The van der Waals surface area contributed by atoms with Gasteiger partial charge in [0.05, 0.1) is 17.8 Å². The van der Waals surface area contributed by atoms with E-state index in [4.69, 9.17) is 12.2 Å². The van der Waals surface area contributed by atoms with Gasteiger partial charge in [0, 0.05) is 43.6 Å². The maximum absolute atomic E-state index is 5.56. The minimum absolute atomic E-state index is 0.0403. The highest BCUT2D eigenvalue weighted by Gasteiger charge is 2.39. The lowest BCUT2D eigenvalue weighted by Gasteiger charge is -2.24. The van der Waals surface area contributed by atoms with E-state index in [-0.39, 0.29) is 12.1 Å². The third-order valence-corrected chi connectivity index (χ3v) is 5.77. The topological polar surface area (TPSA) is 46.0 Å². The molecular formula is C21H23N5S. The zero-order valence-corrected chi connectivity index (χ0v) is 16.6. The van der Waals surface area contributed by atoms with E-state index in [1.54, 1.807) is 0 Å². The Kier molecular flexibility index (Phi) is 4.66. The van der Waals surface area contributed by atoms with Crippen molar-refractivity contribution in [1.82, 2.24) is 24.8 Å². The van der Waals surface area contributed by atoms with Crippen LogP contribution in [-0.2, 0) is 6.54 Å². The van der Waals surface area contributed by atoms with E-state index in [1.165, 1.54) is 22.5 Å². The van der Waals surface area contributed by atoms with Gasteiger partial charge in [-0.2, -0.15) is 0 Å². The Bertz CT molecular complexity index is 951. The van der Waals surface area contributed by atoms with E-state index >= 15 is 0 Å². The van der Waals surface area contributed by atoms with Crippen LogP contribution >= 0.6 is 12.2 Å². The fourth-order valence-electron chi connectivity index (χ4n) is 3.89. The van der Waals surface area contributed by atoms with Crippen LogP contribution in [0, 0.1) is 13.8 Å². The molecule has 0 radical (unpaired) electrons. The molecule has 138 valence electrons. The van der Waals surface area contributed by atoms with E-state index in [2.05, 4.69) is 69.9 Å². The summed E-state index contributed by atoms with van der Waals surface area (Å²) in [5.74, 6) is 0. The van der Waals surface area contributed by atoms with Crippen LogP contribution in [0.2, 0.25) is 0 Å². The standard InChI is InChI=1S/C21H23N5S/c1-14-12-17(15(2)26(14)13-16-7-10-22-11-8-16)20-19(24-21(27)25(20)3)18-6-4-5-9-23-18/h4-12,19-20H,13H2,1-3H3,(H,24,27)/t19-,20-/m1/s1. The van der Waals surface area contributed by atoms with E-state index < -0.39 is 0 Å². The van der Waals surface area contributed by atoms with Gasteiger partial charge in [-0.25, -0.2) is 0 Å². The third kappa shape index (κ3) is 3.21. The molecule has 6 heteroatoms. The molecule has 2 atom stereocenters. The van der Waals surface area contributed by atoms with Crippen molar-refractivity contribution in [2.75, 3.05) is 7.05 Å². The molecule has 5 nitrogen and oxygen atoms in total. The summed E-state index contributed by atoms with van der Waals surface area (Å²) in [6.45, 7) is 5.19. The molecular weight excluding hydrogens is 354 g/mol. The highest BCUT2D eigenvalue weighted by atomic mass is 32.1. The van der Waals surface area contributed by atoms with Gasteiger partial charge < -0.3 is 14.8 Å². The van der Waals surface area contributed by atoms with Gasteiger partial charge in [0.2, 0.25) is 0 Å². The summed E-state index contributed by atoms with van der Waals surface area (Å²) in [5.41, 5.74) is 6.03. The van der Waals surface area contributed by atoms with E-state index in [1.807, 2.05) is 30.7 Å². The highest BCUT2D eigenvalue weighted by molar-refractivity contribution is 7.80. The van der Waals surface area contributed by atoms with E-state index in [0.717, 1.165) is 17.4 Å². The van der Waals surface area contributed by atoms with Gasteiger partial charge in [0.15, 0.2) is 5.11 Å². The molecule has 27 heavy (non-hydrogen) atoms. The number of thiocarbonyl (C=S) groups is 1. The Morgan fingerprint density at radius 2 is 1.89 bits per heavy atom. The first-order chi connectivity index (χ1) is 13.1. The van der Waals surface area contributed by atoms with Crippen molar-refractivity contribution >= 4 is 17.3 Å². The van der Waals surface area contributed by atoms with Gasteiger partial charge in [-0.3, -0.25) is 9.97 Å². The summed E-state index contributed by atoms with van der Waals surface area (Å²) < 4.78 is 2.36. The molecule has 3 aromatic rings. The molecule has 0 spiro atoms. The molecule has 1 fully saturated rings. The summed E-state index contributed by atoms with van der Waals surface area (Å²) in [6.07, 6.45) is 5.52. The summed E-state index contributed by atoms with van der Waals surface area (Å²) in [7, 11) is 2.05. The molecule has 4 heterocycles. The molecule has 0 amide bonds. The van der Waals surface area contributed by atoms with Crippen LogP contribution in [0.3, 0.4) is 0 Å². The minimum atomic E-state index is 0.0403. The number of hydrogen-bond donors (Lipinski definition) is 1. The zero-order valence-electron chi connectivity index (χ0n) is 15.8. The van der Waals surface area contributed by atoms with Gasteiger partial charge >= 0.3 is 0 Å². The molecule has 1 aliphatic rings. The van der Waals surface area contributed by atoms with Gasteiger partial charge in [-0.05, 0) is 67.5 Å². The third-order valence-electron chi connectivity index (χ3n) is 5.36. The van der Waals surface area contributed by atoms with Crippen LogP contribution in [0.5, 0.6) is 0 Å². The van der Waals surface area contributed by atoms with Crippen LogP contribution in [0.4, 0.5) is 0 Å². The SMILES string of the molecule is Cc1cc([C@@H]2[C@@H](c3ccccn3)NC(=S)N2C)c(C)n1Cc1ccncc1. The summed E-state index contributed by atoms with van der Waals surface area (Å²) in [4.78, 5) is 10.8. The van der Waals surface area contributed by atoms with Crippen molar-refractivity contribution in [3.8, 4) is 0 Å². The molecule has 3 aromatic heterocycles. The quantitative estimate of drug-likeness (QED) is 0.705. The number of aromatic nitrogens is 3. The maximum Gasteiger partial charge on any atom is 0.169 e. The number of rotatable bonds is 4. The second-order valence-electron chi connectivity index (χ2n) is 7.01. The number of pyridine rings is 2. The highest BCUT2D eigenvalue weighted by Crippen LogP contribution is 2.39. The Morgan fingerprint density at radius 3 is 2.59 bits per heavy atom. The summed E-state index contributed by atoms with van der Waals surface area (Å²) in [6, 6.07) is 12.6. The van der Waals surface area contributed by atoms with Crippen molar-refractivity contribution in [3.63, 3.8) is 0 Å². The van der Waals surface area contributed by atoms with Crippen molar-refractivity contribution in [3.05, 3.63) is 83.2 Å². The largest absolute Gasteiger partial charge is 0.352 e. The van der Waals surface area contributed by atoms with Gasteiger partial charge in [0.25, 0.3) is 0 Å². The molecule has 0 bridgehead atoms. The lowest BCUT2D eigenvalue weighted by atomic mass is 9.97. The number of hydrogen-bond acceptors (Lipinski definition) is 3. The number of likely N-dealkylation sites (N-methyl/N-ethyl adjacent to an activating group) is 1. The fourth-order valence-corrected chi connectivity index (χ4v) is 4.13. The van der Waals surface area contributed by atoms with Gasteiger partial charge in [-0.15, -0.1) is 0 Å².